The molecule has 0 unspecified atom stereocenters. The van der Waals surface area contributed by atoms with Gasteiger partial charge in [0, 0.05) is 10.6 Å². The molecule has 2 aromatic rings. The zero-order chi connectivity index (χ0) is 9.97. The third kappa shape index (κ3) is 2.85. The molecule has 0 saturated heterocycles. The molecule has 0 amide bonds. The van der Waals surface area contributed by atoms with E-state index in [9.17, 15) is 0 Å². The molecular weight excluding hydrogens is 231 g/mol. The van der Waals surface area contributed by atoms with Gasteiger partial charge in [0.05, 0.1) is 5.69 Å². The van der Waals surface area contributed by atoms with E-state index in [0.717, 1.165) is 16.3 Å². The van der Waals surface area contributed by atoms with Gasteiger partial charge >= 0.3 is 0 Å². The molecule has 4 heteroatoms. The zero-order valence-electron chi connectivity index (χ0n) is 7.85. The number of halogens is 2. The summed E-state index contributed by atoms with van der Waals surface area (Å²) in [5.41, 5.74) is 7.47. The van der Waals surface area contributed by atoms with Crippen LogP contribution in [0.4, 0.5) is 5.82 Å². The van der Waals surface area contributed by atoms with E-state index in [2.05, 4.69) is 4.98 Å². The van der Waals surface area contributed by atoms with E-state index in [1.54, 1.807) is 6.07 Å². The molecule has 15 heavy (non-hydrogen) atoms. The quantitative estimate of drug-likeness (QED) is 0.830. The van der Waals surface area contributed by atoms with Gasteiger partial charge in [0.1, 0.15) is 5.82 Å². The monoisotopic (exact) mass is 240 g/mol. The van der Waals surface area contributed by atoms with Gasteiger partial charge in [-0.25, -0.2) is 4.98 Å². The zero-order valence-corrected chi connectivity index (χ0v) is 9.42. The van der Waals surface area contributed by atoms with Crippen LogP contribution in [0.3, 0.4) is 0 Å². The fraction of sp³-hybridized carbons (Fsp3) is 0. The minimum absolute atomic E-state index is 0. The Morgan fingerprint density at radius 1 is 1.00 bits per heavy atom. The van der Waals surface area contributed by atoms with Gasteiger partial charge in [0.15, 0.2) is 0 Å². The summed E-state index contributed by atoms with van der Waals surface area (Å²) in [6.45, 7) is 0. The lowest BCUT2D eigenvalue weighted by molar-refractivity contribution is 1.33. The molecule has 1 aromatic heterocycles. The Balaban J connectivity index is 0.00000112. The lowest BCUT2D eigenvalue weighted by Crippen LogP contribution is -1.90. The Morgan fingerprint density at radius 2 is 1.67 bits per heavy atom. The number of anilines is 1. The van der Waals surface area contributed by atoms with Gasteiger partial charge in [0.25, 0.3) is 0 Å². The first-order chi connectivity index (χ1) is 6.75. The average molecular weight is 241 g/mol. The Kier molecular flexibility index (Phi) is 3.95. The molecule has 1 heterocycles. The molecule has 0 radical (unpaired) electrons. The summed E-state index contributed by atoms with van der Waals surface area (Å²) in [6.07, 6.45) is 0. The van der Waals surface area contributed by atoms with Crippen LogP contribution in [0.15, 0.2) is 42.5 Å². The first kappa shape index (κ1) is 11.8. The number of nitrogens with two attached hydrogens (primary N) is 1. The third-order valence-corrected chi connectivity index (χ3v) is 2.16. The molecule has 78 valence electrons. The summed E-state index contributed by atoms with van der Waals surface area (Å²) in [6, 6.07) is 13.1. The van der Waals surface area contributed by atoms with Gasteiger partial charge in [-0.3, -0.25) is 0 Å². The molecule has 0 bridgehead atoms. The molecule has 0 aliphatic carbocycles. The predicted molar refractivity (Wildman–Crippen MR) is 66.3 cm³/mol. The molecule has 0 fully saturated rings. The van der Waals surface area contributed by atoms with Gasteiger partial charge in [-0.2, -0.15) is 0 Å². The first-order valence-electron chi connectivity index (χ1n) is 4.24. The van der Waals surface area contributed by atoms with Crippen LogP contribution in [0.2, 0.25) is 5.02 Å². The van der Waals surface area contributed by atoms with Crippen LogP contribution >= 0.6 is 24.0 Å². The van der Waals surface area contributed by atoms with Gasteiger partial charge in [-0.1, -0.05) is 29.8 Å². The Bertz CT molecular complexity index is 441. The average Bonchev–Trinajstić information content (AvgIpc) is 2.19. The molecule has 2 rings (SSSR count). The second-order valence-corrected chi connectivity index (χ2v) is 3.39. The van der Waals surface area contributed by atoms with Crippen molar-refractivity contribution in [2.45, 2.75) is 0 Å². The minimum Gasteiger partial charge on any atom is -0.384 e. The molecule has 2 N–H and O–H groups in total. The fourth-order valence-electron chi connectivity index (χ4n) is 1.23. The second-order valence-electron chi connectivity index (χ2n) is 2.95. The van der Waals surface area contributed by atoms with Crippen LogP contribution in [0, 0.1) is 0 Å². The van der Waals surface area contributed by atoms with Crippen LogP contribution in [-0.4, -0.2) is 4.98 Å². The van der Waals surface area contributed by atoms with Crippen molar-refractivity contribution in [3.63, 3.8) is 0 Å². The third-order valence-electron chi connectivity index (χ3n) is 1.91. The summed E-state index contributed by atoms with van der Waals surface area (Å²) < 4.78 is 0. The predicted octanol–water partition coefficient (Wildman–Crippen LogP) is 3.41. The van der Waals surface area contributed by atoms with Crippen LogP contribution in [0.1, 0.15) is 0 Å². The summed E-state index contributed by atoms with van der Waals surface area (Å²) in [7, 11) is 0. The highest BCUT2D eigenvalue weighted by atomic mass is 35.5. The number of benzene rings is 1. The molecule has 0 aliphatic heterocycles. The van der Waals surface area contributed by atoms with Crippen molar-refractivity contribution >= 4 is 29.8 Å². The van der Waals surface area contributed by atoms with Crippen LogP contribution in [0.25, 0.3) is 11.3 Å². The van der Waals surface area contributed by atoms with Gasteiger partial charge < -0.3 is 5.73 Å². The van der Waals surface area contributed by atoms with E-state index in [1.165, 1.54) is 0 Å². The number of hydrogen-bond donors (Lipinski definition) is 1. The summed E-state index contributed by atoms with van der Waals surface area (Å²) in [5, 5.41) is 0.720. The Labute approximate surface area is 99.5 Å². The maximum absolute atomic E-state index is 5.79. The van der Waals surface area contributed by atoms with Crippen molar-refractivity contribution in [1.29, 1.82) is 0 Å². The van der Waals surface area contributed by atoms with Gasteiger partial charge in [-0.05, 0) is 24.3 Å². The van der Waals surface area contributed by atoms with E-state index < -0.39 is 0 Å². The lowest BCUT2D eigenvalue weighted by Gasteiger charge is -2.01. The summed E-state index contributed by atoms with van der Waals surface area (Å²) >= 11 is 5.79. The molecule has 0 aliphatic rings. The smallest absolute Gasteiger partial charge is 0.124 e. The van der Waals surface area contributed by atoms with E-state index in [0.29, 0.717) is 5.82 Å². The van der Waals surface area contributed by atoms with Crippen molar-refractivity contribution in [3.05, 3.63) is 47.5 Å². The van der Waals surface area contributed by atoms with Crippen molar-refractivity contribution in [1.82, 2.24) is 4.98 Å². The van der Waals surface area contributed by atoms with Gasteiger partial charge in [0.2, 0.25) is 0 Å². The van der Waals surface area contributed by atoms with Crippen molar-refractivity contribution < 1.29 is 0 Å². The van der Waals surface area contributed by atoms with E-state index in [4.69, 9.17) is 17.3 Å². The standard InChI is InChI=1S/C11H9ClN2.ClH/c12-9-6-4-8(5-7-9)10-2-1-3-11(13)14-10;/h1-7H,(H2,13,14);1H. The maximum Gasteiger partial charge on any atom is 0.124 e. The summed E-state index contributed by atoms with van der Waals surface area (Å²) in [5.74, 6) is 0.525. The van der Waals surface area contributed by atoms with E-state index >= 15 is 0 Å². The highest BCUT2D eigenvalue weighted by Crippen LogP contribution is 2.19. The number of aromatic nitrogens is 1. The number of nitrogens with zero attached hydrogens (tertiary/aromatic N) is 1. The second kappa shape index (κ2) is 5.01. The number of nitrogen functional groups attached to an aromatic ring is 1. The van der Waals surface area contributed by atoms with Crippen LogP contribution in [-0.2, 0) is 0 Å². The highest BCUT2D eigenvalue weighted by Gasteiger charge is 1.98. The van der Waals surface area contributed by atoms with Crippen molar-refractivity contribution in [2.75, 3.05) is 5.73 Å². The molecule has 0 atom stereocenters. The normalized spacial score (nSPS) is 9.40. The first-order valence-corrected chi connectivity index (χ1v) is 4.62. The lowest BCUT2D eigenvalue weighted by atomic mass is 10.1. The van der Waals surface area contributed by atoms with Crippen molar-refractivity contribution in [2.24, 2.45) is 0 Å². The van der Waals surface area contributed by atoms with Gasteiger partial charge in [-0.15, -0.1) is 12.4 Å². The summed E-state index contributed by atoms with van der Waals surface area (Å²) in [4.78, 5) is 4.21. The number of rotatable bonds is 1. The van der Waals surface area contributed by atoms with E-state index in [-0.39, 0.29) is 12.4 Å². The van der Waals surface area contributed by atoms with Crippen molar-refractivity contribution in [3.8, 4) is 11.3 Å². The largest absolute Gasteiger partial charge is 0.384 e. The topological polar surface area (TPSA) is 38.9 Å². The van der Waals surface area contributed by atoms with E-state index in [1.807, 2.05) is 36.4 Å². The molecule has 0 spiro atoms. The highest BCUT2D eigenvalue weighted by molar-refractivity contribution is 6.30. The number of pyridine rings is 1. The molecule has 2 nitrogen and oxygen atoms in total. The maximum atomic E-state index is 5.79. The minimum atomic E-state index is 0. The Morgan fingerprint density at radius 3 is 2.27 bits per heavy atom. The molecular formula is C11H10Cl2N2. The Hall–Kier alpha value is -1.25. The fourth-order valence-corrected chi connectivity index (χ4v) is 1.36. The molecule has 0 saturated carbocycles. The van der Waals surface area contributed by atoms with Crippen LogP contribution in [0.5, 0.6) is 0 Å². The van der Waals surface area contributed by atoms with Crippen LogP contribution < -0.4 is 5.73 Å². The SMILES string of the molecule is Cl.Nc1cccc(-c2ccc(Cl)cc2)n1. The number of hydrogen-bond acceptors (Lipinski definition) is 2. The molecule has 1 aromatic carbocycles.